The fourth-order valence-corrected chi connectivity index (χ4v) is 3.72. The van der Waals surface area contributed by atoms with Crippen LogP contribution in [0.25, 0.3) is 0 Å². The first-order chi connectivity index (χ1) is 13.5. The van der Waals surface area contributed by atoms with Gasteiger partial charge in [-0.2, -0.15) is 5.10 Å². The zero-order valence-electron chi connectivity index (χ0n) is 17.2. The first-order valence-electron chi connectivity index (χ1n) is 9.60. The Balaban J connectivity index is 1.86. The van der Waals surface area contributed by atoms with Crippen molar-refractivity contribution in [3.8, 4) is 5.75 Å². The van der Waals surface area contributed by atoms with Crippen molar-refractivity contribution in [3.63, 3.8) is 0 Å². The largest absolute Gasteiger partial charge is 0.496 e. The molecule has 0 spiro atoms. The number of nitrogens with one attached hydrogen (secondary N) is 1. The van der Waals surface area contributed by atoms with E-state index in [1.54, 1.807) is 18.9 Å². The van der Waals surface area contributed by atoms with Gasteiger partial charge in [0.25, 0.3) is 5.91 Å². The summed E-state index contributed by atoms with van der Waals surface area (Å²) in [6.45, 7) is 7.42. The van der Waals surface area contributed by atoms with Crippen LogP contribution in [0, 0.1) is 6.92 Å². The Morgan fingerprint density at radius 2 is 2.14 bits per heavy atom. The summed E-state index contributed by atoms with van der Waals surface area (Å²) in [5.41, 5.74) is 4.47. The Morgan fingerprint density at radius 1 is 1.36 bits per heavy atom. The summed E-state index contributed by atoms with van der Waals surface area (Å²) < 4.78 is 18.2. The number of carbonyl (C=O) groups excluding carboxylic acids is 1. The van der Waals surface area contributed by atoms with Gasteiger partial charge in [0.15, 0.2) is 0 Å². The summed E-state index contributed by atoms with van der Waals surface area (Å²) in [6, 6.07) is 5.84. The number of amides is 1. The number of nitrogens with zero attached hydrogens (tertiary/aromatic N) is 2. The highest BCUT2D eigenvalue weighted by atomic mass is 16.5. The average molecular weight is 387 g/mol. The summed E-state index contributed by atoms with van der Waals surface area (Å²) in [7, 11) is 3.29. The highest BCUT2D eigenvalue weighted by molar-refractivity contribution is 5.94. The first-order valence-corrected chi connectivity index (χ1v) is 9.60. The number of hydrogen-bond acceptors (Lipinski definition) is 5. The standard InChI is InChI=1S/C21H29N3O4/c1-13-11-17-19(15(3)28-13)23-24(9-10-26-4)20(17)21(25)22-12-16-7-6-8-18(27-5)14(16)2/h6-8,13,15H,9-12H2,1-5H3,(H,22,25)/t13-,15+/m0/s1. The van der Waals surface area contributed by atoms with Gasteiger partial charge in [-0.25, -0.2) is 0 Å². The molecular formula is C21H29N3O4. The monoisotopic (exact) mass is 387 g/mol. The molecule has 0 saturated heterocycles. The second-order valence-corrected chi connectivity index (χ2v) is 7.15. The maximum absolute atomic E-state index is 13.1. The van der Waals surface area contributed by atoms with E-state index in [1.807, 2.05) is 39.0 Å². The van der Waals surface area contributed by atoms with Crippen LogP contribution in [0.5, 0.6) is 5.75 Å². The summed E-state index contributed by atoms with van der Waals surface area (Å²) in [5, 5.41) is 7.71. The van der Waals surface area contributed by atoms with Gasteiger partial charge in [-0.15, -0.1) is 0 Å². The van der Waals surface area contributed by atoms with Crippen LogP contribution in [0.2, 0.25) is 0 Å². The van der Waals surface area contributed by atoms with Crippen LogP contribution in [-0.4, -0.2) is 42.6 Å². The third kappa shape index (κ3) is 4.05. The van der Waals surface area contributed by atoms with Gasteiger partial charge in [0.05, 0.1) is 38.2 Å². The molecule has 28 heavy (non-hydrogen) atoms. The molecule has 1 aromatic heterocycles. The number of carbonyl (C=O) groups is 1. The molecule has 2 heterocycles. The topological polar surface area (TPSA) is 74.6 Å². The molecule has 152 valence electrons. The van der Waals surface area contributed by atoms with Gasteiger partial charge in [0.1, 0.15) is 11.4 Å². The van der Waals surface area contributed by atoms with Crippen molar-refractivity contribution in [2.75, 3.05) is 20.8 Å². The molecule has 0 unspecified atom stereocenters. The second kappa shape index (κ2) is 8.75. The van der Waals surface area contributed by atoms with Crippen molar-refractivity contribution in [2.45, 2.75) is 52.5 Å². The van der Waals surface area contributed by atoms with Crippen LogP contribution < -0.4 is 10.1 Å². The number of ether oxygens (including phenoxy) is 3. The Kier molecular flexibility index (Phi) is 6.36. The van der Waals surface area contributed by atoms with Gasteiger partial charge in [-0.05, 0) is 38.0 Å². The van der Waals surface area contributed by atoms with Gasteiger partial charge < -0.3 is 19.5 Å². The molecule has 0 saturated carbocycles. The molecule has 1 N–H and O–H groups in total. The van der Waals surface area contributed by atoms with E-state index in [0.29, 0.717) is 31.8 Å². The van der Waals surface area contributed by atoms with Crippen molar-refractivity contribution in [3.05, 3.63) is 46.3 Å². The van der Waals surface area contributed by atoms with Crippen LogP contribution in [0.1, 0.15) is 52.8 Å². The Labute approximate surface area is 166 Å². The van der Waals surface area contributed by atoms with E-state index < -0.39 is 0 Å². The first kappa shape index (κ1) is 20.4. The number of fused-ring (bicyclic) bond motifs is 1. The highest BCUT2D eigenvalue weighted by Gasteiger charge is 2.32. The molecule has 1 aromatic carbocycles. The minimum atomic E-state index is -0.131. The zero-order chi connectivity index (χ0) is 20.3. The lowest BCUT2D eigenvalue weighted by atomic mass is 9.99. The van der Waals surface area contributed by atoms with Gasteiger partial charge in [-0.3, -0.25) is 9.48 Å². The van der Waals surface area contributed by atoms with Crippen LogP contribution in [0.4, 0.5) is 0 Å². The van der Waals surface area contributed by atoms with E-state index in [0.717, 1.165) is 28.1 Å². The third-order valence-electron chi connectivity index (χ3n) is 5.17. The molecule has 1 aliphatic rings. The zero-order valence-corrected chi connectivity index (χ0v) is 17.2. The van der Waals surface area contributed by atoms with Crippen LogP contribution >= 0.6 is 0 Å². The Bertz CT molecular complexity index is 846. The molecule has 1 aliphatic heterocycles. The number of methoxy groups -OCH3 is 2. The van der Waals surface area contributed by atoms with E-state index >= 15 is 0 Å². The van der Waals surface area contributed by atoms with Crippen molar-refractivity contribution < 1.29 is 19.0 Å². The maximum atomic E-state index is 13.1. The van der Waals surface area contributed by atoms with E-state index in [4.69, 9.17) is 14.2 Å². The molecule has 0 bridgehead atoms. The predicted molar refractivity (Wildman–Crippen MR) is 106 cm³/mol. The van der Waals surface area contributed by atoms with Gasteiger partial charge in [0.2, 0.25) is 0 Å². The maximum Gasteiger partial charge on any atom is 0.270 e. The van der Waals surface area contributed by atoms with Crippen molar-refractivity contribution >= 4 is 5.91 Å². The minimum Gasteiger partial charge on any atom is -0.496 e. The lowest BCUT2D eigenvalue weighted by Crippen LogP contribution is -2.29. The molecule has 3 rings (SSSR count). The van der Waals surface area contributed by atoms with Gasteiger partial charge in [-0.1, -0.05) is 12.1 Å². The van der Waals surface area contributed by atoms with E-state index in [2.05, 4.69) is 10.4 Å². The molecule has 7 heteroatoms. The number of benzene rings is 1. The van der Waals surface area contributed by atoms with Crippen molar-refractivity contribution in [1.29, 1.82) is 0 Å². The summed E-state index contributed by atoms with van der Waals surface area (Å²) >= 11 is 0. The van der Waals surface area contributed by atoms with E-state index in [-0.39, 0.29) is 18.1 Å². The second-order valence-electron chi connectivity index (χ2n) is 7.15. The van der Waals surface area contributed by atoms with Crippen LogP contribution in [0.3, 0.4) is 0 Å². The molecule has 1 amide bonds. The molecule has 0 radical (unpaired) electrons. The fraction of sp³-hybridized carbons (Fsp3) is 0.524. The van der Waals surface area contributed by atoms with Crippen LogP contribution in [-0.2, 0) is 29.0 Å². The lowest BCUT2D eigenvalue weighted by molar-refractivity contribution is -0.00716. The van der Waals surface area contributed by atoms with E-state index in [9.17, 15) is 4.79 Å². The van der Waals surface area contributed by atoms with Crippen molar-refractivity contribution in [1.82, 2.24) is 15.1 Å². The molecule has 0 fully saturated rings. The Morgan fingerprint density at radius 3 is 2.86 bits per heavy atom. The number of hydrogen-bond donors (Lipinski definition) is 1. The lowest BCUT2D eigenvalue weighted by Gasteiger charge is -2.24. The predicted octanol–water partition coefficient (Wildman–Crippen LogP) is 2.80. The average Bonchev–Trinajstić information content (AvgIpc) is 3.04. The molecular weight excluding hydrogens is 358 g/mol. The van der Waals surface area contributed by atoms with Crippen molar-refractivity contribution in [2.24, 2.45) is 0 Å². The fourth-order valence-electron chi connectivity index (χ4n) is 3.72. The summed E-state index contributed by atoms with van der Waals surface area (Å²) in [4.78, 5) is 13.1. The highest BCUT2D eigenvalue weighted by Crippen LogP contribution is 2.31. The Hall–Kier alpha value is -2.38. The molecule has 0 aliphatic carbocycles. The minimum absolute atomic E-state index is 0.0507. The molecule has 2 aromatic rings. The summed E-state index contributed by atoms with van der Waals surface area (Å²) in [5.74, 6) is 0.683. The number of rotatable bonds is 7. The van der Waals surface area contributed by atoms with E-state index in [1.165, 1.54) is 0 Å². The number of aromatic nitrogens is 2. The quantitative estimate of drug-likeness (QED) is 0.791. The smallest absolute Gasteiger partial charge is 0.270 e. The third-order valence-corrected chi connectivity index (χ3v) is 5.17. The molecule has 2 atom stereocenters. The van der Waals surface area contributed by atoms with Crippen LogP contribution in [0.15, 0.2) is 18.2 Å². The molecule has 7 nitrogen and oxygen atoms in total. The SMILES string of the molecule is COCCn1nc2c(c1C(=O)NCc1cccc(OC)c1C)C[C@H](C)O[C@@H]2C. The van der Waals surface area contributed by atoms with Gasteiger partial charge in [0, 0.05) is 25.6 Å². The summed E-state index contributed by atoms with van der Waals surface area (Å²) in [6.07, 6.45) is 0.595. The van der Waals surface area contributed by atoms with Gasteiger partial charge >= 0.3 is 0 Å². The normalized spacial score (nSPS) is 18.6.